The van der Waals surface area contributed by atoms with Crippen LogP contribution in [0.25, 0.3) is 0 Å². The van der Waals surface area contributed by atoms with Crippen molar-refractivity contribution in [1.82, 2.24) is 0 Å². The van der Waals surface area contributed by atoms with E-state index in [1.165, 1.54) is 0 Å². The maximum Gasteiger partial charge on any atom is 0.289 e. The zero-order valence-electron chi connectivity index (χ0n) is 5.90. The number of nitrogens with two attached hydrogens (primary N) is 1. The number of hydrogen-bond donors (Lipinski definition) is 1. The lowest BCUT2D eigenvalue weighted by Crippen LogP contribution is -2.22. The van der Waals surface area contributed by atoms with E-state index in [9.17, 15) is 9.59 Å². The van der Waals surface area contributed by atoms with Gasteiger partial charge >= 0.3 is 0 Å². The quantitative estimate of drug-likeness (QED) is 0.484. The molecule has 0 atom stereocenters. The van der Waals surface area contributed by atoms with Gasteiger partial charge in [-0.3, -0.25) is 9.59 Å². The molecule has 0 spiro atoms. The van der Waals surface area contributed by atoms with Crippen molar-refractivity contribution in [1.29, 1.82) is 5.26 Å². The van der Waals surface area contributed by atoms with Crippen molar-refractivity contribution in [3.8, 4) is 6.07 Å². The number of Topliss-reactive ketones (excluding diaryl/α,β-unsaturated/α-hetero) is 1. The van der Waals surface area contributed by atoms with Gasteiger partial charge in [-0.25, -0.2) is 0 Å². The molecule has 1 rings (SSSR count). The van der Waals surface area contributed by atoms with E-state index in [0.29, 0.717) is 0 Å². The number of primary amides is 1. The number of hydrogen-bond acceptors (Lipinski definition) is 4. The van der Waals surface area contributed by atoms with Crippen molar-refractivity contribution in [2.24, 2.45) is 5.73 Å². The van der Waals surface area contributed by atoms with E-state index in [1.807, 2.05) is 0 Å². The van der Waals surface area contributed by atoms with Gasteiger partial charge in [0.15, 0.2) is 0 Å². The number of carbonyl (C=O) groups is 2. The van der Waals surface area contributed by atoms with Crippen LogP contribution >= 0.6 is 0 Å². The smallest absolute Gasteiger partial charge is 0.289 e. The first-order valence-electron chi connectivity index (χ1n) is 2.98. The molecule has 0 aliphatic carbocycles. The summed E-state index contributed by atoms with van der Waals surface area (Å²) in [5.74, 6) is -1.96. The molecule has 2 N–H and O–H groups in total. The van der Waals surface area contributed by atoms with Gasteiger partial charge in [0.1, 0.15) is 12.3 Å². The second-order valence-electron chi connectivity index (χ2n) is 2.00. The van der Waals surface area contributed by atoms with Crippen LogP contribution in [0.1, 0.15) is 16.1 Å². The van der Waals surface area contributed by atoms with Crippen molar-refractivity contribution in [3.05, 3.63) is 23.7 Å². The summed E-state index contributed by atoms with van der Waals surface area (Å²) in [6.45, 7) is 0. The number of carbonyl (C=O) groups excluding carboxylic acids is 2. The highest BCUT2D eigenvalue weighted by Gasteiger charge is 2.14. The fourth-order valence-electron chi connectivity index (χ4n) is 0.656. The molecule has 0 fully saturated rings. The number of nitriles is 1. The highest BCUT2D eigenvalue weighted by molar-refractivity contribution is 6.42. The Kier molecular flexibility index (Phi) is 1.92. The largest absolute Gasteiger partial charge is 0.453 e. The zero-order chi connectivity index (χ0) is 9.14. The summed E-state index contributed by atoms with van der Waals surface area (Å²) in [5.41, 5.74) is 4.70. The number of amides is 1. The molecule has 0 saturated heterocycles. The van der Waals surface area contributed by atoms with Crippen molar-refractivity contribution in [2.45, 2.75) is 0 Å². The second kappa shape index (κ2) is 2.88. The van der Waals surface area contributed by atoms with E-state index < -0.39 is 11.7 Å². The fraction of sp³-hybridized carbons (Fsp3) is 0. The van der Waals surface area contributed by atoms with Gasteiger partial charge in [0, 0.05) is 6.07 Å². The van der Waals surface area contributed by atoms with Gasteiger partial charge in [-0.05, 0) is 0 Å². The molecule has 0 aliphatic heterocycles. The topological polar surface area (TPSA) is 97.1 Å². The van der Waals surface area contributed by atoms with Crippen molar-refractivity contribution in [3.63, 3.8) is 0 Å². The van der Waals surface area contributed by atoms with Gasteiger partial charge in [0.2, 0.25) is 5.76 Å². The lowest BCUT2D eigenvalue weighted by Gasteiger charge is -1.85. The average Bonchev–Trinajstić information content (AvgIpc) is 2.50. The second-order valence-corrected chi connectivity index (χ2v) is 2.00. The Hall–Kier alpha value is -2.09. The first-order valence-corrected chi connectivity index (χ1v) is 2.98. The molecule has 0 unspecified atom stereocenters. The van der Waals surface area contributed by atoms with Gasteiger partial charge < -0.3 is 10.2 Å². The van der Waals surface area contributed by atoms with Crippen molar-refractivity contribution >= 4 is 11.7 Å². The highest BCUT2D eigenvalue weighted by atomic mass is 16.3. The Labute approximate surface area is 67.4 Å². The first kappa shape index (κ1) is 8.01. The lowest BCUT2D eigenvalue weighted by atomic mass is 10.2. The van der Waals surface area contributed by atoms with Crippen LogP contribution in [0.2, 0.25) is 0 Å². The molecule has 0 bridgehead atoms. The van der Waals surface area contributed by atoms with Gasteiger partial charge in [-0.2, -0.15) is 5.26 Å². The van der Waals surface area contributed by atoms with Crippen molar-refractivity contribution in [2.75, 3.05) is 0 Å². The van der Waals surface area contributed by atoms with Crippen LogP contribution in [0.5, 0.6) is 0 Å². The summed E-state index contributed by atoms with van der Waals surface area (Å²) in [4.78, 5) is 21.2. The minimum atomic E-state index is -1.07. The molecule has 5 nitrogen and oxygen atoms in total. The van der Waals surface area contributed by atoms with Crippen LogP contribution in [0.4, 0.5) is 0 Å². The molecular formula is C7H4N2O3. The Bertz CT molecular complexity index is 372. The maximum atomic E-state index is 10.8. The minimum absolute atomic E-state index is 0.000880. The number of nitrogens with zero attached hydrogens (tertiary/aromatic N) is 1. The van der Waals surface area contributed by atoms with Gasteiger partial charge in [0.25, 0.3) is 11.7 Å². The van der Waals surface area contributed by atoms with Crippen molar-refractivity contribution < 1.29 is 14.0 Å². The molecule has 1 amide bonds. The molecule has 0 saturated carbocycles. The molecule has 1 aromatic heterocycles. The third-order valence-electron chi connectivity index (χ3n) is 1.20. The van der Waals surface area contributed by atoms with Gasteiger partial charge in [-0.15, -0.1) is 0 Å². The molecule has 60 valence electrons. The van der Waals surface area contributed by atoms with E-state index in [-0.39, 0.29) is 11.3 Å². The molecular weight excluding hydrogens is 160 g/mol. The summed E-state index contributed by atoms with van der Waals surface area (Å²) in [5, 5.41) is 8.30. The van der Waals surface area contributed by atoms with Crippen LogP contribution in [0.15, 0.2) is 16.7 Å². The summed E-state index contributed by atoms with van der Waals surface area (Å²) >= 11 is 0. The molecule has 12 heavy (non-hydrogen) atoms. The summed E-state index contributed by atoms with van der Waals surface area (Å²) in [7, 11) is 0. The highest BCUT2D eigenvalue weighted by Crippen LogP contribution is 2.06. The van der Waals surface area contributed by atoms with E-state index in [4.69, 9.17) is 11.0 Å². The summed E-state index contributed by atoms with van der Waals surface area (Å²) < 4.78 is 4.60. The van der Waals surface area contributed by atoms with E-state index >= 15 is 0 Å². The first-order chi connectivity index (χ1) is 5.65. The van der Waals surface area contributed by atoms with Crippen LogP contribution in [-0.4, -0.2) is 11.7 Å². The Morgan fingerprint density at radius 1 is 1.58 bits per heavy atom. The average molecular weight is 164 g/mol. The predicted molar refractivity (Wildman–Crippen MR) is 36.9 cm³/mol. The third kappa shape index (κ3) is 1.32. The fourth-order valence-corrected chi connectivity index (χ4v) is 0.656. The maximum absolute atomic E-state index is 10.8. The van der Waals surface area contributed by atoms with Crippen LogP contribution < -0.4 is 5.73 Å². The zero-order valence-corrected chi connectivity index (χ0v) is 5.90. The number of rotatable bonds is 2. The molecule has 0 aliphatic rings. The van der Waals surface area contributed by atoms with E-state index in [0.717, 1.165) is 12.3 Å². The lowest BCUT2D eigenvalue weighted by molar-refractivity contribution is -0.114. The number of furan rings is 1. The monoisotopic (exact) mass is 164 g/mol. The van der Waals surface area contributed by atoms with Gasteiger partial charge in [0.05, 0.1) is 5.56 Å². The summed E-state index contributed by atoms with van der Waals surface area (Å²) in [6, 6.07) is 2.83. The third-order valence-corrected chi connectivity index (χ3v) is 1.20. The Balaban J connectivity index is 2.99. The molecule has 0 radical (unpaired) electrons. The predicted octanol–water partition coefficient (Wildman–Crippen LogP) is -0.181. The Morgan fingerprint density at radius 2 is 2.25 bits per heavy atom. The SMILES string of the molecule is N#Cc1cc(C(=O)C(N)=O)co1. The summed E-state index contributed by atoms with van der Waals surface area (Å²) in [6.07, 6.45) is 1.02. The molecule has 1 aromatic rings. The molecule has 1 heterocycles. The van der Waals surface area contributed by atoms with Crippen LogP contribution in [-0.2, 0) is 4.79 Å². The van der Waals surface area contributed by atoms with Gasteiger partial charge in [-0.1, -0.05) is 0 Å². The van der Waals surface area contributed by atoms with E-state index in [1.54, 1.807) is 6.07 Å². The van der Waals surface area contributed by atoms with Crippen LogP contribution in [0.3, 0.4) is 0 Å². The number of ketones is 1. The standard InChI is InChI=1S/C7H4N2O3/c8-2-5-1-4(3-12-5)6(10)7(9)11/h1,3H,(H2,9,11). The minimum Gasteiger partial charge on any atom is -0.453 e. The van der Waals surface area contributed by atoms with Crippen LogP contribution in [0, 0.1) is 11.3 Å². The normalized spacial score (nSPS) is 8.92. The molecule has 0 aromatic carbocycles. The Morgan fingerprint density at radius 3 is 2.67 bits per heavy atom. The molecule has 5 heteroatoms. The van der Waals surface area contributed by atoms with E-state index in [2.05, 4.69) is 4.42 Å².